The summed E-state index contributed by atoms with van der Waals surface area (Å²) in [7, 11) is 0. The summed E-state index contributed by atoms with van der Waals surface area (Å²) < 4.78 is 5.50. The van der Waals surface area contributed by atoms with Gasteiger partial charge in [-0.2, -0.15) is 0 Å². The van der Waals surface area contributed by atoms with Gasteiger partial charge < -0.3 is 10.1 Å². The first-order chi connectivity index (χ1) is 6.88. The summed E-state index contributed by atoms with van der Waals surface area (Å²) in [5, 5.41) is 3.51. The lowest BCUT2D eigenvalue weighted by Gasteiger charge is -2.30. The zero-order valence-corrected chi connectivity index (χ0v) is 9.09. The van der Waals surface area contributed by atoms with E-state index in [4.69, 9.17) is 11.2 Å². The summed E-state index contributed by atoms with van der Waals surface area (Å²) in [6, 6.07) is 0.552. The fourth-order valence-corrected chi connectivity index (χ4v) is 2.09. The third-order valence-corrected chi connectivity index (χ3v) is 2.83. The Kier molecular flexibility index (Phi) is 5.66. The lowest BCUT2D eigenvalue weighted by atomic mass is 9.90. The van der Waals surface area contributed by atoms with Crippen LogP contribution in [0, 0.1) is 18.3 Å². The zero-order chi connectivity index (χ0) is 10.2. The van der Waals surface area contributed by atoms with Crippen LogP contribution in [0.3, 0.4) is 0 Å². The Labute approximate surface area is 87.4 Å². The standard InChI is InChI=1S/C12H21NO/c1-3-5-8-12(13-4-2)11-7-6-9-14-10-11/h1,11-13H,4-10H2,2H3. The van der Waals surface area contributed by atoms with Crippen molar-refractivity contribution in [2.24, 2.45) is 5.92 Å². The van der Waals surface area contributed by atoms with Crippen molar-refractivity contribution in [2.75, 3.05) is 19.8 Å². The number of rotatable bonds is 5. The molecule has 2 unspecified atom stereocenters. The van der Waals surface area contributed by atoms with E-state index >= 15 is 0 Å². The monoisotopic (exact) mass is 195 g/mol. The summed E-state index contributed by atoms with van der Waals surface area (Å²) in [5.74, 6) is 3.38. The highest BCUT2D eigenvalue weighted by Crippen LogP contribution is 2.20. The van der Waals surface area contributed by atoms with E-state index in [9.17, 15) is 0 Å². The summed E-state index contributed by atoms with van der Waals surface area (Å²) in [6.07, 6.45) is 9.72. The maximum Gasteiger partial charge on any atom is 0.0509 e. The Bertz CT molecular complexity index is 179. The van der Waals surface area contributed by atoms with Gasteiger partial charge in [-0.1, -0.05) is 6.92 Å². The maximum atomic E-state index is 5.50. The highest BCUT2D eigenvalue weighted by molar-refractivity contribution is 4.88. The van der Waals surface area contributed by atoms with Crippen LogP contribution in [-0.2, 0) is 4.74 Å². The largest absolute Gasteiger partial charge is 0.381 e. The minimum Gasteiger partial charge on any atom is -0.381 e. The Morgan fingerprint density at radius 2 is 2.50 bits per heavy atom. The van der Waals surface area contributed by atoms with Crippen molar-refractivity contribution in [3.8, 4) is 12.3 Å². The third kappa shape index (κ3) is 3.69. The fourth-order valence-electron chi connectivity index (χ4n) is 2.09. The number of ether oxygens (including phenoxy) is 1. The molecular formula is C12H21NO. The Hall–Kier alpha value is -0.520. The lowest BCUT2D eigenvalue weighted by Crippen LogP contribution is -2.40. The molecule has 2 nitrogen and oxygen atoms in total. The summed E-state index contributed by atoms with van der Waals surface area (Å²) in [5.41, 5.74) is 0. The van der Waals surface area contributed by atoms with E-state index in [1.165, 1.54) is 12.8 Å². The number of nitrogens with one attached hydrogen (secondary N) is 1. The fraction of sp³-hybridized carbons (Fsp3) is 0.833. The van der Waals surface area contributed by atoms with E-state index in [0.29, 0.717) is 12.0 Å². The van der Waals surface area contributed by atoms with E-state index in [0.717, 1.165) is 32.6 Å². The van der Waals surface area contributed by atoms with E-state index in [1.807, 2.05) is 0 Å². The van der Waals surface area contributed by atoms with Crippen molar-refractivity contribution in [1.29, 1.82) is 0 Å². The van der Waals surface area contributed by atoms with E-state index in [-0.39, 0.29) is 0 Å². The number of hydrogen-bond donors (Lipinski definition) is 1. The minimum absolute atomic E-state index is 0.552. The van der Waals surface area contributed by atoms with E-state index in [1.54, 1.807) is 0 Å². The molecule has 0 radical (unpaired) electrons. The highest BCUT2D eigenvalue weighted by Gasteiger charge is 2.22. The van der Waals surface area contributed by atoms with Crippen molar-refractivity contribution in [1.82, 2.24) is 5.32 Å². The Morgan fingerprint density at radius 1 is 1.64 bits per heavy atom. The van der Waals surface area contributed by atoms with E-state index < -0.39 is 0 Å². The molecule has 1 aliphatic rings. The Morgan fingerprint density at radius 3 is 3.07 bits per heavy atom. The van der Waals surface area contributed by atoms with Crippen LogP contribution in [0.5, 0.6) is 0 Å². The van der Waals surface area contributed by atoms with Gasteiger partial charge in [0.2, 0.25) is 0 Å². The van der Waals surface area contributed by atoms with Crippen molar-refractivity contribution in [3.05, 3.63) is 0 Å². The first-order valence-electron chi connectivity index (χ1n) is 5.63. The van der Waals surface area contributed by atoms with Crippen molar-refractivity contribution in [2.45, 2.75) is 38.6 Å². The summed E-state index contributed by atoms with van der Waals surface area (Å²) in [4.78, 5) is 0. The summed E-state index contributed by atoms with van der Waals surface area (Å²) >= 11 is 0. The van der Waals surface area contributed by atoms with Gasteiger partial charge in [-0.25, -0.2) is 0 Å². The molecule has 1 saturated heterocycles. The molecule has 0 bridgehead atoms. The van der Waals surface area contributed by atoms with Gasteiger partial charge in [0, 0.05) is 19.1 Å². The predicted molar refractivity (Wildman–Crippen MR) is 59.1 cm³/mol. The van der Waals surface area contributed by atoms with Gasteiger partial charge in [0.05, 0.1) is 6.61 Å². The second kappa shape index (κ2) is 6.86. The van der Waals surface area contributed by atoms with Gasteiger partial charge in [-0.15, -0.1) is 12.3 Å². The van der Waals surface area contributed by atoms with Crippen molar-refractivity contribution >= 4 is 0 Å². The lowest BCUT2D eigenvalue weighted by molar-refractivity contribution is 0.0384. The minimum atomic E-state index is 0.552. The molecule has 2 atom stereocenters. The smallest absolute Gasteiger partial charge is 0.0509 e. The molecule has 0 aromatic heterocycles. The molecule has 1 fully saturated rings. The zero-order valence-electron chi connectivity index (χ0n) is 9.09. The molecule has 1 aliphatic heterocycles. The van der Waals surface area contributed by atoms with Gasteiger partial charge >= 0.3 is 0 Å². The molecule has 1 N–H and O–H groups in total. The second-order valence-electron chi connectivity index (χ2n) is 3.88. The molecule has 0 saturated carbocycles. The van der Waals surface area contributed by atoms with Gasteiger partial charge in [-0.3, -0.25) is 0 Å². The molecular weight excluding hydrogens is 174 g/mol. The Balaban J connectivity index is 2.35. The van der Waals surface area contributed by atoms with Crippen LogP contribution in [-0.4, -0.2) is 25.8 Å². The molecule has 0 aromatic carbocycles. The predicted octanol–water partition coefficient (Wildman–Crippen LogP) is 1.80. The van der Waals surface area contributed by atoms with Crippen LogP contribution >= 0.6 is 0 Å². The van der Waals surface area contributed by atoms with Crippen LogP contribution in [0.25, 0.3) is 0 Å². The van der Waals surface area contributed by atoms with E-state index in [2.05, 4.69) is 18.2 Å². The average Bonchev–Trinajstić information content (AvgIpc) is 2.25. The van der Waals surface area contributed by atoms with Crippen LogP contribution in [0.2, 0.25) is 0 Å². The molecule has 80 valence electrons. The molecule has 0 spiro atoms. The molecule has 2 heteroatoms. The number of terminal acetylenes is 1. The molecule has 0 aliphatic carbocycles. The average molecular weight is 195 g/mol. The van der Waals surface area contributed by atoms with Crippen molar-refractivity contribution in [3.63, 3.8) is 0 Å². The number of hydrogen-bond acceptors (Lipinski definition) is 2. The van der Waals surface area contributed by atoms with Gasteiger partial charge in [0.25, 0.3) is 0 Å². The molecule has 0 aromatic rings. The van der Waals surface area contributed by atoms with Crippen LogP contribution in [0.1, 0.15) is 32.6 Å². The molecule has 14 heavy (non-hydrogen) atoms. The van der Waals surface area contributed by atoms with Gasteiger partial charge in [0.15, 0.2) is 0 Å². The van der Waals surface area contributed by atoms with Crippen LogP contribution in [0.15, 0.2) is 0 Å². The van der Waals surface area contributed by atoms with Crippen LogP contribution in [0.4, 0.5) is 0 Å². The molecule has 1 rings (SSSR count). The first-order valence-corrected chi connectivity index (χ1v) is 5.63. The highest BCUT2D eigenvalue weighted by atomic mass is 16.5. The van der Waals surface area contributed by atoms with Crippen LogP contribution < -0.4 is 5.32 Å². The van der Waals surface area contributed by atoms with Gasteiger partial charge in [0.1, 0.15) is 0 Å². The maximum absolute atomic E-state index is 5.50. The van der Waals surface area contributed by atoms with Crippen molar-refractivity contribution < 1.29 is 4.74 Å². The second-order valence-corrected chi connectivity index (χ2v) is 3.88. The molecule has 0 amide bonds. The SMILES string of the molecule is C#CCCC(NCC)C1CCCOC1. The third-order valence-electron chi connectivity index (χ3n) is 2.83. The summed E-state index contributed by atoms with van der Waals surface area (Å²) in [6.45, 7) is 5.00. The first kappa shape index (κ1) is 11.6. The normalized spacial score (nSPS) is 24.1. The van der Waals surface area contributed by atoms with Gasteiger partial charge in [-0.05, 0) is 31.7 Å². The molecule has 1 heterocycles. The quantitative estimate of drug-likeness (QED) is 0.675. The topological polar surface area (TPSA) is 21.3 Å².